The van der Waals surface area contributed by atoms with E-state index in [0.29, 0.717) is 19.5 Å². The van der Waals surface area contributed by atoms with Gasteiger partial charge in [-0.25, -0.2) is 0 Å². The number of carbonyl (C=O) groups excluding carboxylic acids is 2. The van der Waals surface area contributed by atoms with Crippen molar-refractivity contribution in [3.05, 3.63) is 35.9 Å². The number of nitrogens with zero attached hydrogens (tertiary/aromatic N) is 2. The van der Waals surface area contributed by atoms with Crippen LogP contribution < -0.4 is 0 Å². The van der Waals surface area contributed by atoms with E-state index in [9.17, 15) is 14.4 Å². The fourth-order valence-electron chi connectivity index (χ4n) is 2.51. The Bertz CT molecular complexity index is 572. The second kappa shape index (κ2) is 10.5. The number of carbonyl (C=O) groups is 3. The van der Waals surface area contributed by atoms with Crippen molar-refractivity contribution in [1.29, 1.82) is 0 Å². The topological polar surface area (TPSA) is 77.9 Å². The van der Waals surface area contributed by atoms with Crippen molar-refractivity contribution in [3.63, 3.8) is 0 Å². The lowest BCUT2D eigenvalue weighted by Crippen LogP contribution is -2.44. The number of rotatable bonds is 10. The van der Waals surface area contributed by atoms with Gasteiger partial charge in [-0.1, -0.05) is 44.2 Å². The Hall–Kier alpha value is -2.37. The van der Waals surface area contributed by atoms with Crippen molar-refractivity contribution in [3.8, 4) is 0 Å². The van der Waals surface area contributed by atoms with Crippen molar-refractivity contribution < 1.29 is 19.5 Å². The quantitative estimate of drug-likeness (QED) is 0.702. The van der Waals surface area contributed by atoms with E-state index >= 15 is 0 Å². The predicted molar refractivity (Wildman–Crippen MR) is 96.1 cm³/mol. The van der Waals surface area contributed by atoms with E-state index in [-0.39, 0.29) is 37.2 Å². The van der Waals surface area contributed by atoms with E-state index in [1.807, 2.05) is 44.2 Å². The lowest BCUT2D eigenvalue weighted by atomic mass is 10.1. The van der Waals surface area contributed by atoms with E-state index in [1.165, 1.54) is 16.7 Å². The maximum Gasteiger partial charge on any atom is 0.305 e. The fourth-order valence-corrected chi connectivity index (χ4v) is 2.51. The molecule has 0 radical (unpaired) electrons. The predicted octanol–water partition coefficient (Wildman–Crippen LogP) is 2.04. The van der Waals surface area contributed by atoms with Crippen molar-refractivity contribution in [1.82, 2.24) is 9.80 Å². The third kappa shape index (κ3) is 8.33. The van der Waals surface area contributed by atoms with Crippen LogP contribution in [0, 0.1) is 5.92 Å². The number of hydrogen-bond donors (Lipinski definition) is 1. The third-order valence-electron chi connectivity index (χ3n) is 3.82. The Morgan fingerprint density at radius 2 is 1.68 bits per heavy atom. The maximum absolute atomic E-state index is 12.6. The number of hydrogen-bond acceptors (Lipinski definition) is 3. The summed E-state index contributed by atoms with van der Waals surface area (Å²) in [5.41, 5.74) is 1.10. The summed E-state index contributed by atoms with van der Waals surface area (Å²) in [6.07, 6.45) is 0.579. The van der Waals surface area contributed by atoms with Crippen molar-refractivity contribution in [2.24, 2.45) is 5.92 Å². The average Bonchev–Trinajstić information content (AvgIpc) is 2.55. The van der Waals surface area contributed by atoms with Crippen LogP contribution in [0.5, 0.6) is 0 Å². The van der Waals surface area contributed by atoms with Crippen LogP contribution in [-0.2, 0) is 20.8 Å². The standard InChI is InChI=1S/C19H28N2O4/c1-15(2)13-21(12-10-19(24)25)18(23)14-20(16(3)22)11-9-17-7-5-4-6-8-17/h4-8,15H,9-14H2,1-3H3,(H,24,25). The first-order chi connectivity index (χ1) is 11.8. The number of carboxylic acids is 1. The van der Waals surface area contributed by atoms with Gasteiger partial charge in [-0.05, 0) is 17.9 Å². The zero-order valence-corrected chi connectivity index (χ0v) is 15.3. The molecule has 0 spiro atoms. The van der Waals surface area contributed by atoms with E-state index in [4.69, 9.17) is 5.11 Å². The zero-order chi connectivity index (χ0) is 18.8. The van der Waals surface area contributed by atoms with Gasteiger partial charge in [0.25, 0.3) is 0 Å². The molecular formula is C19H28N2O4. The normalized spacial score (nSPS) is 10.6. The molecule has 1 N–H and O–H groups in total. The molecule has 6 nitrogen and oxygen atoms in total. The molecule has 0 aliphatic carbocycles. The van der Waals surface area contributed by atoms with Gasteiger partial charge in [0.15, 0.2) is 0 Å². The molecule has 0 saturated heterocycles. The number of benzene rings is 1. The van der Waals surface area contributed by atoms with Crippen molar-refractivity contribution in [2.75, 3.05) is 26.2 Å². The zero-order valence-electron chi connectivity index (χ0n) is 15.3. The van der Waals surface area contributed by atoms with Crippen LogP contribution in [0.4, 0.5) is 0 Å². The largest absolute Gasteiger partial charge is 0.481 e. The molecule has 6 heteroatoms. The van der Waals surface area contributed by atoms with Gasteiger partial charge >= 0.3 is 5.97 Å². The van der Waals surface area contributed by atoms with Crippen LogP contribution in [0.3, 0.4) is 0 Å². The molecule has 138 valence electrons. The van der Waals surface area contributed by atoms with Crippen LogP contribution in [0.15, 0.2) is 30.3 Å². The highest BCUT2D eigenvalue weighted by Gasteiger charge is 2.20. The summed E-state index contributed by atoms with van der Waals surface area (Å²) in [6, 6.07) is 9.78. The second-order valence-electron chi connectivity index (χ2n) is 6.55. The molecule has 0 heterocycles. The molecule has 0 unspecified atom stereocenters. The van der Waals surface area contributed by atoms with Crippen molar-refractivity contribution in [2.45, 2.75) is 33.6 Å². The van der Waals surface area contributed by atoms with Gasteiger partial charge in [0.05, 0.1) is 13.0 Å². The van der Waals surface area contributed by atoms with Gasteiger partial charge < -0.3 is 14.9 Å². The van der Waals surface area contributed by atoms with Gasteiger partial charge in [-0.15, -0.1) is 0 Å². The Kier molecular flexibility index (Phi) is 8.67. The van der Waals surface area contributed by atoms with Gasteiger partial charge in [0, 0.05) is 26.6 Å². The molecule has 25 heavy (non-hydrogen) atoms. The molecular weight excluding hydrogens is 320 g/mol. The molecule has 0 aliphatic heterocycles. The molecule has 1 aromatic carbocycles. The number of aliphatic carboxylic acids is 1. The molecule has 0 saturated carbocycles. The molecule has 0 atom stereocenters. The van der Waals surface area contributed by atoms with E-state index in [1.54, 1.807) is 0 Å². The summed E-state index contributed by atoms with van der Waals surface area (Å²) in [5, 5.41) is 8.86. The van der Waals surface area contributed by atoms with Crippen LogP contribution in [0.25, 0.3) is 0 Å². The smallest absolute Gasteiger partial charge is 0.305 e. The molecule has 0 bridgehead atoms. The van der Waals surface area contributed by atoms with E-state index in [2.05, 4.69) is 0 Å². The lowest BCUT2D eigenvalue weighted by Gasteiger charge is -2.28. The van der Waals surface area contributed by atoms with Gasteiger partial charge in [0.2, 0.25) is 11.8 Å². The van der Waals surface area contributed by atoms with E-state index < -0.39 is 5.97 Å². The molecule has 1 rings (SSSR count). The Morgan fingerprint density at radius 1 is 1.04 bits per heavy atom. The third-order valence-corrected chi connectivity index (χ3v) is 3.82. The molecule has 1 aromatic rings. The summed E-state index contributed by atoms with van der Waals surface area (Å²) in [6.45, 7) is 6.47. The second-order valence-corrected chi connectivity index (χ2v) is 6.55. The Balaban J connectivity index is 2.67. The van der Waals surface area contributed by atoms with Crippen LogP contribution in [0.2, 0.25) is 0 Å². The highest BCUT2D eigenvalue weighted by molar-refractivity contribution is 5.84. The first kappa shape index (κ1) is 20.7. The average molecular weight is 348 g/mol. The minimum atomic E-state index is -0.936. The first-order valence-corrected chi connectivity index (χ1v) is 8.58. The summed E-state index contributed by atoms with van der Waals surface area (Å²) >= 11 is 0. The van der Waals surface area contributed by atoms with Crippen LogP contribution in [0.1, 0.15) is 32.8 Å². The maximum atomic E-state index is 12.6. The Morgan fingerprint density at radius 3 is 2.20 bits per heavy atom. The highest BCUT2D eigenvalue weighted by Crippen LogP contribution is 2.05. The summed E-state index contributed by atoms with van der Waals surface area (Å²) in [7, 11) is 0. The fraction of sp³-hybridized carbons (Fsp3) is 0.526. The lowest BCUT2D eigenvalue weighted by molar-refractivity contribution is -0.142. The SMILES string of the molecule is CC(=O)N(CCc1ccccc1)CC(=O)N(CCC(=O)O)CC(C)C. The highest BCUT2D eigenvalue weighted by atomic mass is 16.4. The van der Waals surface area contributed by atoms with Crippen LogP contribution in [-0.4, -0.2) is 58.9 Å². The van der Waals surface area contributed by atoms with Crippen LogP contribution >= 0.6 is 0 Å². The molecule has 0 aliphatic rings. The molecule has 0 aromatic heterocycles. The summed E-state index contributed by atoms with van der Waals surface area (Å²) in [4.78, 5) is 38.3. The van der Waals surface area contributed by atoms with Gasteiger partial charge in [-0.2, -0.15) is 0 Å². The number of carboxylic acid groups (broad SMARTS) is 1. The number of amides is 2. The minimum absolute atomic E-state index is 0.0193. The summed E-state index contributed by atoms with van der Waals surface area (Å²) in [5.74, 6) is -1.08. The van der Waals surface area contributed by atoms with Gasteiger partial charge in [0.1, 0.15) is 0 Å². The molecule has 2 amide bonds. The minimum Gasteiger partial charge on any atom is -0.481 e. The first-order valence-electron chi connectivity index (χ1n) is 8.58. The van der Waals surface area contributed by atoms with E-state index in [0.717, 1.165) is 5.56 Å². The monoisotopic (exact) mass is 348 g/mol. The molecule has 0 fully saturated rings. The summed E-state index contributed by atoms with van der Waals surface area (Å²) < 4.78 is 0. The van der Waals surface area contributed by atoms with Crippen molar-refractivity contribution >= 4 is 17.8 Å². The van der Waals surface area contributed by atoms with Gasteiger partial charge in [-0.3, -0.25) is 14.4 Å². The Labute approximate surface area is 149 Å².